The van der Waals surface area contributed by atoms with Crippen molar-refractivity contribution in [2.75, 3.05) is 26.2 Å². The summed E-state index contributed by atoms with van der Waals surface area (Å²) in [6.45, 7) is 2.01. The highest BCUT2D eigenvalue weighted by molar-refractivity contribution is 7.89. The average Bonchev–Trinajstić information content (AvgIpc) is 2.87. The van der Waals surface area contributed by atoms with Crippen LogP contribution in [-0.4, -0.2) is 61.4 Å². The second kappa shape index (κ2) is 7.30. The van der Waals surface area contributed by atoms with E-state index in [2.05, 4.69) is 5.10 Å². The Kier molecular flexibility index (Phi) is 5.39. The standard InChI is InChI=1S/C16H21FN4O4S2/c1-13-10-14(17)4-5-16(13)27(24,25)21-7-3-6-20(8-9-21)26(22,23)15-11-18-19(2)12-15/h4-5,10-12H,3,6-9H2,1-2H3. The number of nitrogens with zero attached hydrogens (tertiary/aromatic N) is 4. The molecule has 1 aliphatic rings. The lowest BCUT2D eigenvalue weighted by Crippen LogP contribution is -2.37. The van der Waals surface area contributed by atoms with Crippen LogP contribution in [0.5, 0.6) is 0 Å². The molecule has 0 bridgehead atoms. The third-order valence-electron chi connectivity index (χ3n) is 4.49. The summed E-state index contributed by atoms with van der Waals surface area (Å²) in [4.78, 5) is 0.114. The molecule has 0 amide bonds. The topological polar surface area (TPSA) is 92.6 Å². The molecule has 1 aromatic carbocycles. The Hall–Kier alpha value is -1.82. The lowest BCUT2D eigenvalue weighted by atomic mass is 10.2. The van der Waals surface area contributed by atoms with E-state index >= 15 is 0 Å². The zero-order valence-electron chi connectivity index (χ0n) is 15.0. The third-order valence-corrected chi connectivity index (χ3v) is 8.40. The summed E-state index contributed by atoms with van der Waals surface area (Å²) in [6, 6.07) is 3.52. The second-order valence-electron chi connectivity index (χ2n) is 6.42. The summed E-state index contributed by atoms with van der Waals surface area (Å²) in [5.41, 5.74) is 0.319. The Morgan fingerprint density at radius 1 is 1.00 bits per heavy atom. The molecule has 1 aliphatic heterocycles. The van der Waals surface area contributed by atoms with E-state index < -0.39 is 25.9 Å². The highest BCUT2D eigenvalue weighted by Gasteiger charge is 2.32. The molecule has 0 atom stereocenters. The van der Waals surface area contributed by atoms with Gasteiger partial charge >= 0.3 is 0 Å². The Balaban J connectivity index is 1.82. The number of hydrogen-bond acceptors (Lipinski definition) is 5. The maximum absolute atomic E-state index is 13.3. The largest absolute Gasteiger partial charge is 0.274 e. The lowest BCUT2D eigenvalue weighted by Gasteiger charge is -2.22. The Bertz CT molecular complexity index is 1050. The second-order valence-corrected chi connectivity index (χ2v) is 10.3. The number of hydrogen-bond donors (Lipinski definition) is 0. The van der Waals surface area contributed by atoms with Crippen LogP contribution in [0, 0.1) is 12.7 Å². The maximum Gasteiger partial charge on any atom is 0.246 e. The number of rotatable bonds is 4. The summed E-state index contributed by atoms with van der Waals surface area (Å²) in [5.74, 6) is -0.504. The van der Waals surface area contributed by atoms with Gasteiger partial charge in [0, 0.05) is 39.4 Å². The molecule has 11 heteroatoms. The smallest absolute Gasteiger partial charge is 0.246 e. The van der Waals surface area contributed by atoms with Crippen molar-refractivity contribution >= 4 is 20.0 Å². The predicted molar refractivity (Wildman–Crippen MR) is 96.5 cm³/mol. The molecule has 3 rings (SSSR count). The van der Waals surface area contributed by atoms with Crippen LogP contribution < -0.4 is 0 Å². The molecule has 2 heterocycles. The van der Waals surface area contributed by atoms with Gasteiger partial charge in [0.25, 0.3) is 0 Å². The molecule has 0 N–H and O–H groups in total. The molecule has 2 aromatic rings. The molecule has 1 fully saturated rings. The minimum Gasteiger partial charge on any atom is -0.274 e. The molecular formula is C16H21FN4O4S2. The molecule has 1 aromatic heterocycles. The number of halogens is 1. The van der Waals surface area contributed by atoms with Crippen molar-refractivity contribution in [2.24, 2.45) is 7.05 Å². The minimum absolute atomic E-state index is 0.0264. The first-order chi connectivity index (χ1) is 12.6. The number of aryl methyl sites for hydroxylation is 2. The first kappa shape index (κ1) is 19.9. The maximum atomic E-state index is 13.3. The Morgan fingerprint density at radius 2 is 1.63 bits per heavy atom. The number of sulfonamides is 2. The van der Waals surface area contributed by atoms with Crippen molar-refractivity contribution in [1.29, 1.82) is 0 Å². The third kappa shape index (κ3) is 3.91. The van der Waals surface area contributed by atoms with Crippen LogP contribution in [0.2, 0.25) is 0 Å². The fourth-order valence-corrected chi connectivity index (χ4v) is 6.20. The molecule has 0 unspecified atom stereocenters. The lowest BCUT2D eigenvalue weighted by molar-refractivity contribution is 0.404. The number of aromatic nitrogens is 2. The van der Waals surface area contributed by atoms with Crippen molar-refractivity contribution in [1.82, 2.24) is 18.4 Å². The number of benzene rings is 1. The first-order valence-corrected chi connectivity index (χ1v) is 11.3. The van der Waals surface area contributed by atoms with Crippen molar-refractivity contribution in [3.05, 3.63) is 42.0 Å². The van der Waals surface area contributed by atoms with E-state index in [0.29, 0.717) is 12.0 Å². The SMILES string of the molecule is Cc1cc(F)ccc1S(=O)(=O)N1CCCN(S(=O)(=O)c2cnn(C)c2)CC1. The summed E-state index contributed by atoms with van der Waals surface area (Å²) < 4.78 is 68.5. The Morgan fingerprint density at radius 3 is 2.19 bits per heavy atom. The average molecular weight is 417 g/mol. The summed E-state index contributed by atoms with van der Waals surface area (Å²) >= 11 is 0. The fourth-order valence-electron chi connectivity index (χ4n) is 3.07. The highest BCUT2D eigenvalue weighted by atomic mass is 32.2. The molecular weight excluding hydrogens is 395 g/mol. The predicted octanol–water partition coefficient (Wildman–Crippen LogP) is 0.953. The normalized spacial score (nSPS) is 17.7. The van der Waals surface area contributed by atoms with E-state index in [4.69, 9.17) is 0 Å². The highest BCUT2D eigenvalue weighted by Crippen LogP contribution is 2.23. The van der Waals surface area contributed by atoms with E-state index in [0.717, 1.165) is 6.07 Å². The minimum atomic E-state index is -3.83. The molecule has 8 nitrogen and oxygen atoms in total. The molecule has 0 saturated carbocycles. The van der Waals surface area contributed by atoms with Crippen molar-refractivity contribution in [2.45, 2.75) is 23.1 Å². The van der Waals surface area contributed by atoms with Crippen LogP contribution in [-0.2, 0) is 27.1 Å². The molecule has 0 spiro atoms. The van der Waals surface area contributed by atoms with Crippen molar-refractivity contribution in [3.8, 4) is 0 Å². The van der Waals surface area contributed by atoms with Gasteiger partial charge in [-0.05, 0) is 37.1 Å². The van der Waals surface area contributed by atoms with Crippen LogP contribution in [0.4, 0.5) is 4.39 Å². The van der Waals surface area contributed by atoms with Crippen LogP contribution in [0.3, 0.4) is 0 Å². The molecule has 0 aliphatic carbocycles. The Labute approximate surface area is 158 Å². The van der Waals surface area contributed by atoms with E-state index in [1.54, 1.807) is 7.05 Å². The molecule has 0 radical (unpaired) electrons. The molecule has 27 heavy (non-hydrogen) atoms. The van der Waals surface area contributed by atoms with E-state index in [1.807, 2.05) is 0 Å². The fraction of sp³-hybridized carbons (Fsp3) is 0.438. The quantitative estimate of drug-likeness (QED) is 0.740. The summed E-state index contributed by atoms with van der Waals surface area (Å²) in [6.07, 6.45) is 3.05. The van der Waals surface area contributed by atoms with Gasteiger partial charge in [-0.1, -0.05) is 0 Å². The first-order valence-electron chi connectivity index (χ1n) is 8.37. The monoisotopic (exact) mass is 416 g/mol. The summed E-state index contributed by atoms with van der Waals surface area (Å²) in [7, 11) is -5.94. The van der Waals surface area contributed by atoms with E-state index in [9.17, 15) is 21.2 Å². The van der Waals surface area contributed by atoms with Crippen molar-refractivity contribution in [3.63, 3.8) is 0 Å². The molecule has 1 saturated heterocycles. The van der Waals surface area contributed by atoms with Gasteiger partial charge in [0.15, 0.2) is 0 Å². The van der Waals surface area contributed by atoms with Crippen LogP contribution in [0.1, 0.15) is 12.0 Å². The van der Waals surface area contributed by atoms with Crippen LogP contribution in [0.25, 0.3) is 0 Å². The summed E-state index contributed by atoms with van der Waals surface area (Å²) in [5, 5.41) is 3.89. The van der Waals surface area contributed by atoms with Gasteiger partial charge in [0.2, 0.25) is 20.0 Å². The zero-order valence-corrected chi connectivity index (χ0v) is 16.7. The molecule has 148 valence electrons. The van der Waals surface area contributed by atoms with Gasteiger partial charge in [0.1, 0.15) is 10.7 Å². The van der Waals surface area contributed by atoms with Gasteiger partial charge in [-0.3, -0.25) is 4.68 Å². The van der Waals surface area contributed by atoms with Gasteiger partial charge in [-0.15, -0.1) is 0 Å². The zero-order chi connectivity index (χ0) is 19.8. The van der Waals surface area contributed by atoms with Gasteiger partial charge in [0.05, 0.1) is 11.1 Å². The van der Waals surface area contributed by atoms with E-state index in [-0.39, 0.29) is 36.0 Å². The van der Waals surface area contributed by atoms with Crippen LogP contribution in [0.15, 0.2) is 40.4 Å². The van der Waals surface area contributed by atoms with Crippen molar-refractivity contribution < 1.29 is 21.2 Å². The van der Waals surface area contributed by atoms with Gasteiger partial charge < -0.3 is 0 Å². The van der Waals surface area contributed by atoms with Gasteiger partial charge in [-0.25, -0.2) is 21.2 Å². The van der Waals surface area contributed by atoms with E-state index in [1.165, 1.54) is 44.7 Å². The van der Waals surface area contributed by atoms with Gasteiger partial charge in [-0.2, -0.15) is 13.7 Å². The van der Waals surface area contributed by atoms with Crippen LogP contribution >= 0.6 is 0 Å².